The van der Waals surface area contributed by atoms with Gasteiger partial charge in [0.15, 0.2) is 0 Å². The Hall–Kier alpha value is -1.95. The molecule has 0 bridgehead atoms. The highest BCUT2D eigenvalue weighted by molar-refractivity contribution is 5.48. The number of hydrogen-bond donors (Lipinski definition) is 3. The molecule has 1 aliphatic carbocycles. The predicted molar refractivity (Wildman–Crippen MR) is 68.0 cm³/mol. The Bertz CT molecular complexity index is 531. The predicted octanol–water partition coefficient (Wildman–Crippen LogP) is 1.81. The van der Waals surface area contributed by atoms with Crippen LogP contribution in [0.2, 0.25) is 0 Å². The van der Waals surface area contributed by atoms with Crippen LogP contribution in [0.1, 0.15) is 5.56 Å². The van der Waals surface area contributed by atoms with Gasteiger partial charge in [-0.25, -0.2) is 0 Å². The molecule has 1 aromatic carbocycles. The minimum absolute atomic E-state index is 0.0222. The zero-order valence-corrected chi connectivity index (χ0v) is 9.98. The first-order valence-electron chi connectivity index (χ1n) is 5.62. The number of anilines is 1. The molecule has 0 amide bonds. The smallest absolute Gasteiger partial charge is 0.399 e. The molecule has 1 aromatic rings. The average Bonchev–Trinajstić information content (AvgIpc) is 2.32. The van der Waals surface area contributed by atoms with Crippen LogP contribution in [-0.4, -0.2) is 12.2 Å². The number of benzene rings is 1. The molecule has 102 valence electrons. The fraction of sp³-hybridized carbons (Fsp3) is 0.231. The van der Waals surface area contributed by atoms with E-state index in [9.17, 15) is 13.2 Å². The molecule has 0 aliphatic heterocycles. The molecule has 2 rings (SSSR count). The zero-order chi connectivity index (χ0) is 14.3. The van der Waals surface area contributed by atoms with E-state index < -0.39 is 17.6 Å². The highest BCUT2D eigenvalue weighted by Crippen LogP contribution is 2.46. The van der Waals surface area contributed by atoms with E-state index in [0.29, 0.717) is 5.69 Å². The fourth-order valence-electron chi connectivity index (χ4n) is 2.24. The van der Waals surface area contributed by atoms with E-state index in [2.05, 4.69) is 0 Å². The molecule has 19 heavy (non-hydrogen) atoms. The van der Waals surface area contributed by atoms with Crippen molar-refractivity contribution < 1.29 is 13.2 Å². The minimum Gasteiger partial charge on any atom is -0.399 e. The van der Waals surface area contributed by atoms with Crippen LogP contribution in [0.4, 0.5) is 18.9 Å². The highest BCUT2D eigenvalue weighted by atomic mass is 19.4. The summed E-state index contributed by atoms with van der Waals surface area (Å²) in [5, 5.41) is 0. The second-order valence-electron chi connectivity index (χ2n) is 4.52. The van der Waals surface area contributed by atoms with Crippen LogP contribution in [-0.2, 0) is 5.41 Å². The van der Waals surface area contributed by atoms with E-state index in [-0.39, 0.29) is 11.3 Å². The van der Waals surface area contributed by atoms with Gasteiger partial charge in [0.1, 0.15) is 5.41 Å². The molecule has 0 aromatic heterocycles. The quantitative estimate of drug-likeness (QED) is 0.680. The molecule has 0 spiro atoms. The molecule has 3 nitrogen and oxygen atoms in total. The van der Waals surface area contributed by atoms with Gasteiger partial charge in [-0.2, -0.15) is 13.2 Å². The van der Waals surface area contributed by atoms with Gasteiger partial charge >= 0.3 is 6.18 Å². The second kappa shape index (κ2) is 4.31. The van der Waals surface area contributed by atoms with Crippen molar-refractivity contribution in [2.24, 2.45) is 11.5 Å². The van der Waals surface area contributed by atoms with E-state index in [4.69, 9.17) is 17.2 Å². The topological polar surface area (TPSA) is 78.1 Å². The second-order valence-corrected chi connectivity index (χ2v) is 4.52. The van der Waals surface area contributed by atoms with Crippen molar-refractivity contribution in [1.82, 2.24) is 0 Å². The van der Waals surface area contributed by atoms with Gasteiger partial charge in [0, 0.05) is 17.4 Å². The Morgan fingerprint density at radius 1 is 1.05 bits per heavy atom. The zero-order valence-electron chi connectivity index (χ0n) is 9.98. The van der Waals surface area contributed by atoms with Crippen molar-refractivity contribution >= 4 is 5.69 Å². The number of nitrogens with two attached hydrogens (primary N) is 3. The number of halogens is 3. The summed E-state index contributed by atoms with van der Waals surface area (Å²) >= 11 is 0. The molecule has 2 unspecified atom stereocenters. The third-order valence-electron chi connectivity index (χ3n) is 3.27. The Labute approximate surface area is 108 Å². The molecule has 0 saturated carbocycles. The van der Waals surface area contributed by atoms with Gasteiger partial charge in [-0.1, -0.05) is 18.2 Å². The Balaban J connectivity index is 2.66. The van der Waals surface area contributed by atoms with Crippen LogP contribution in [0, 0.1) is 0 Å². The molecule has 0 fully saturated rings. The third kappa shape index (κ3) is 2.08. The van der Waals surface area contributed by atoms with E-state index in [1.807, 2.05) is 0 Å². The van der Waals surface area contributed by atoms with Gasteiger partial charge in [-0.15, -0.1) is 0 Å². The standard InChI is InChI=1S/C13H14F3N3/c14-13(15,16)12(7-10(18)5-6-11(12)19)8-1-3-9(17)4-2-8/h1-7,11H,17-19H2. The lowest BCUT2D eigenvalue weighted by Gasteiger charge is -2.39. The number of hydrogen-bond acceptors (Lipinski definition) is 3. The normalized spacial score (nSPS) is 27.2. The average molecular weight is 269 g/mol. The van der Waals surface area contributed by atoms with Gasteiger partial charge in [0.25, 0.3) is 0 Å². The van der Waals surface area contributed by atoms with Gasteiger partial charge in [-0.05, 0) is 29.8 Å². The monoisotopic (exact) mass is 269 g/mol. The lowest BCUT2D eigenvalue weighted by molar-refractivity contribution is -0.179. The molecule has 6 N–H and O–H groups in total. The summed E-state index contributed by atoms with van der Waals surface area (Å²) < 4.78 is 40.7. The van der Waals surface area contributed by atoms with E-state index in [0.717, 1.165) is 6.08 Å². The summed E-state index contributed by atoms with van der Waals surface area (Å²) in [6.45, 7) is 0. The van der Waals surface area contributed by atoms with Crippen molar-refractivity contribution in [3.05, 3.63) is 53.8 Å². The van der Waals surface area contributed by atoms with Crippen molar-refractivity contribution in [2.45, 2.75) is 17.6 Å². The summed E-state index contributed by atoms with van der Waals surface area (Å²) in [6, 6.07) is 4.25. The SMILES string of the molecule is NC1=CC(c2ccc(N)cc2)(C(F)(F)F)C(N)C=C1. The maximum atomic E-state index is 13.6. The first kappa shape index (κ1) is 13.5. The van der Waals surface area contributed by atoms with Gasteiger partial charge in [0.05, 0.1) is 0 Å². The largest absolute Gasteiger partial charge is 0.403 e. The maximum Gasteiger partial charge on any atom is 0.403 e. The van der Waals surface area contributed by atoms with Crippen molar-refractivity contribution in [2.75, 3.05) is 5.73 Å². The number of allylic oxidation sites excluding steroid dienone is 1. The molecule has 0 radical (unpaired) electrons. The fourth-order valence-corrected chi connectivity index (χ4v) is 2.24. The van der Waals surface area contributed by atoms with Crippen molar-refractivity contribution in [3.63, 3.8) is 0 Å². The van der Waals surface area contributed by atoms with Crippen molar-refractivity contribution in [1.29, 1.82) is 0 Å². The van der Waals surface area contributed by atoms with Gasteiger partial charge < -0.3 is 17.2 Å². The maximum absolute atomic E-state index is 13.6. The van der Waals surface area contributed by atoms with E-state index in [1.54, 1.807) is 0 Å². The molecule has 6 heteroatoms. The Kier molecular flexibility index (Phi) is 3.06. The molecular weight excluding hydrogens is 255 g/mol. The molecule has 0 saturated heterocycles. The van der Waals surface area contributed by atoms with Crippen LogP contribution < -0.4 is 17.2 Å². The Morgan fingerprint density at radius 2 is 1.63 bits per heavy atom. The van der Waals surface area contributed by atoms with Gasteiger partial charge in [0.2, 0.25) is 0 Å². The number of nitrogen functional groups attached to an aromatic ring is 1. The van der Waals surface area contributed by atoms with Crippen LogP contribution in [0.3, 0.4) is 0 Å². The van der Waals surface area contributed by atoms with Crippen molar-refractivity contribution in [3.8, 4) is 0 Å². The van der Waals surface area contributed by atoms with Gasteiger partial charge in [-0.3, -0.25) is 0 Å². The summed E-state index contributed by atoms with van der Waals surface area (Å²) in [4.78, 5) is 0. The van der Waals surface area contributed by atoms with Crippen LogP contribution in [0.5, 0.6) is 0 Å². The first-order valence-corrected chi connectivity index (χ1v) is 5.62. The summed E-state index contributed by atoms with van der Waals surface area (Å²) in [7, 11) is 0. The van der Waals surface area contributed by atoms with Crippen LogP contribution in [0.15, 0.2) is 48.2 Å². The summed E-state index contributed by atoms with van der Waals surface area (Å²) in [5.41, 5.74) is 14.9. The number of rotatable bonds is 1. The molecule has 2 atom stereocenters. The van der Waals surface area contributed by atoms with Crippen LogP contribution >= 0.6 is 0 Å². The first-order chi connectivity index (χ1) is 8.77. The van der Waals surface area contributed by atoms with E-state index >= 15 is 0 Å². The third-order valence-corrected chi connectivity index (χ3v) is 3.27. The lowest BCUT2D eigenvalue weighted by Crippen LogP contribution is -2.54. The summed E-state index contributed by atoms with van der Waals surface area (Å²) in [6.07, 6.45) is -0.952. The minimum atomic E-state index is -4.56. The lowest BCUT2D eigenvalue weighted by atomic mass is 9.71. The molecule has 0 heterocycles. The molecule has 1 aliphatic rings. The Morgan fingerprint density at radius 3 is 2.16 bits per heavy atom. The van der Waals surface area contributed by atoms with Crippen LogP contribution in [0.25, 0.3) is 0 Å². The molecular formula is C13H14F3N3. The van der Waals surface area contributed by atoms with E-state index in [1.165, 1.54) is 36.4 Å². The number of alkyl halides is 3. The summed E-state index contributed by atoms with van der Waals surface area (Å²) in [5.74, 6) is 0. The highest BCUT2D eigenvalue weighted by Gasteiger charge is 2.58.